The Labute approximate surface area is 233 Å². The molecule has 3 N–H and O–H groups in total. The molecular formula is C26H34Cl2N6O3Si. The van der Waals surface area contributed by atoms with Gasteiger partial charge < -0.3 is 20.7 Å². The van der Waals surface area contributed by atoms with Gasteiger partial charge in [-0.1, -0.05) is 49.8 Å². The zero-order valence-electron chi connectivity index (χ0n) is 22.1. The van der Waals surface area contributed by atoms with E-state index in [9.17, 15) is 9.59 Å². The Hall–Kier alpha value is -2.66. The first kappa shape index (κ1) is 28.3. The van der Waals surface area contributed by atoms with Gasteiger partial charge in [0, 0.05) is 31.3 Å². The molecule has 4 rings (SSSR count). The van der Waals surface area contributed by atoms with Gasteiger partial charge in [0.2, 0.25) is 0 Å². The predicted molar refractivity (Wildman–Crippen MR) is 154 cm³/mol. The number of carbonyl (C=O) groups is 2. The molecule has 0 radical (unpaired) electrons. The number of nitrogens with one attached hydrogen (secondary N) is 1. The predicted octanol–water partition coefficient (Wildman–Crippen LogP) is 5.57. The summed E-state index contributed by atoms with van der Waals surface area (Å²) in [4.78, 5) is 32.6. The first-order chi connectivity index (χ1) is 17.9. The van der Waals surface area contributed by atoms with Crippen molar-refractivity contribution in [2.75, 3.05) is 24.2 Å². The minimum atomic E-state index is -1.24. The lowest BCUT2D eigenvalue weighted by atomic mass is 9.90. The number of ether oxygens (including phenoxy) is 1. The molecule has 9 nitrogen and oxygen atoms in total. The maximum atomic E-state index is 13.5. The molecule has 0 bridgehead atoms. The van der Waals surface area contributed by atoms with E-state index < -0.39 is 19.9 Å². The van der Waals surface area contributed by atoms with E-state index in [4.69, 9.17) is 33.7 Å². The minimum absolute atomic E-state index is 0.190. The molecule has 0 unspecified atom stereocenters. The van der Waals surface area contributed by atoms with E-state index in [2.05, 4.69) is 42.0 Å². The van der Waals surface area contributed by atoms with Crippen LogP contribution in [0.4, 0.5) is 11.5 Å². The van der Waals surface area contributed by atoms with Crippen LogP contribution in [0.15, 0.2) is 30.6 Å². The van der Waals surface area contributed by atoms with Crippen LogP contribution in [0.2, 0.25) is 35.7 Å². The number of halogens is 2. The molecule has 0 spiro atoms. The summed E-state index contributed by atoms with van der Waals surface area (Å²) in [6, 6.07) is 5.94. The molecule has 1 fully saturated rings. The smallest absolute Gasteiger partial charge is 0.314 e. The zero-order valence-corrected chi connectivity index (χ0v) is 24.6. The number of hydrogen-bond donors (Lipinski definition) is 2. The molecule has 0 aliphatic carbocycles. The van der Waals surface area contributed by atoms with Crippen molar-refractivity contribution in [3.63, 3.8) is 0 Å². The second-order valence-corrected chi connectivity index (χ2v) is 17.6. The fraction of sp³-hybridized carbons (Fsp3) is 0.462. The minimum Gasteiger partial charge on any atom is -0.383 e. The van der Waals surface area contributed by atoms with Crippen molar-refractivity contribution in [1.82, 2.24) is 19.7 Å². The fourth-order valence-corrected chi connectivity index (χ4v) is 5.94. The van der Waals surface area contributed by atoms with Crippen molar-refractivity contribution >= 4 is 65.5 Å². The van der Waals surface area contributed by atoms with Crippen LogP contribution < -0.4 is 11.1 Å². The molecule has 3 heterocycles. The number of aromatic nitrogens is 3. The third-order valence-corrected chi connectivity index (χ3v) is 8.84. The molecule has 1 aliphatic rings. The van der Waals surface area contributed by atoms with Gasteiger partial charge in [0.15, 0.2) is 0 Å². The molecule has 38 heavy (non-hydrogen) atoms. The number of pyridine rings is 1. The van der Waals surface area contributed by atoms with E-state index in [0.717, 1.165) is 18.0 Å². The molecule has 1 aliphatic heterocycles. The number of nitrogens with zero attached hydrogens (tertiary/aromatic N) is 4. The van der Waals surface area contributed by atoms with Gasteiger partial charge in [-0.25, -0.2) is 9.67 Å². The molecule has 0 saturated carbocycles. The molecule has 12 heteroatoms. The summed E-state index contributed by atoms with van der Waals surface area (Å²) in [7, 11) is -1.24. The van der Waals surface area contributed by atoms with Gasteiger partial charge >= 0.3 is 11.8 Å². The van der Waals surface area contributed by atoms with Crippen molar-refractivity contribution in [3.05, 3.63) is 46.2 Å². The van der Waals surface area contributed by atoms with Gasteiger partial charge in [0.25, 0.3) is 0 Å². The van der Waals surface area contributed by atoms with E-state index in [1.54, 1.807) is 34.0 Å². The number of carbonyl (C=O) groups excluding carboxylic acids is 2. The number of nitrogen functional groups attached to an aromatic ring is 1. The van der Waals surface area contributed by atoms with Gasteiger partial charge in [-0.05, 0) is 48.6 Å². The van der Waals surface area contributed by atoms with Crippen LogP contribution in [0.25, 0.3) is 10.9 Å². The monoisotopic (exact) mass is 576 g/mol. The summed E-state index contributed by atoms with van der Waals surface area (Å²) in [5.41, 5.74) is 7.77. The quantitative estimate of drug-likeness (QED) is 0.216. The highest BCUT2D eigenvalue weighted by molar-refractivity contribution is 6.76. The van der Waals surface area contributed by atoms with Crippen molar-refractivity contribution in [2.24, 2.45) is 5.92 Å². The Kier molecular flexibility index (Phi) is 8.66. The van der Waals surface area contributed by atoms with E-state index in [1.807, 2.05) is 0 Å². The van der Waals surface area contributed by atoms with E-state index in [1.165, 1.54) is 6.20 Å². The first-order valence-electron chi connectivity index (χ1n) is 12.7. The number of benzene rings is 1. The Morgan fingerprint density at radius 1 is 1.16 bits per heavy atom. The van der Waals surface area contributed by atoms with Crippen LogP contribution >= 0.6 is 23.2 Å². The van der Waals surface area contributed by atoms with Gasteiger partial charge in [0.1, 0.15) is 12.5 Å². The number of hydrogen-bond acceptors (Lipinski definition) is 6. The van der Waals surface area contributed by atoms with Crippen molar-refractivity contribution in [2.45, 2.75) is 58.2 Å². The maximum absolute atomic E-state index is 13.5. The second kappa shape index (κ2) is 11.6. The Morgan fingerprint density at radius 3 is 2.55 bits per heavy atom. The third-order valence-electron chi connectivity index (χ3n) is 6.70. The van der Waals surface area contributed by atoms with E-state index in [-0.39, 0.29) is 24.5 Å². The van der Waals surface area contributed by atoms with Crippen LogP contribution in [0, 0.1) is 5.92 Å². The average molecular weight is 578 g/mol. The lowest BCUT2D eigenvalue weighted by Gasteiger charge is -2.38. The van der Waals surface area contributed by atoms with Gasteiger partial charge in [-0.15, -0.1) is 0 Å². The number of amides is 2. The molecule has 1 saturated heterocycles. The lowest BCUT2D eigenvalue weighted by Crippen LogP contribution is -2.46. The van der Waals surface area contributed by atoms with Crippen molar-refractivity contribution < 1.29 is 14.3 Å². The summed E-state index contributed by atoms with van der Waals surface area (Å²) in [5.74, 6) is -0.879. The SMILES string of the molecule is C[C@@H]1CC[C@@H](c2cc(Cl)cc(Cl)c2)N(C(=O)C(=O)Nc2cnc(N)c3cnn(COCC[Si](C)(C)C)c23)C1. The molecule has 2 atom stereocenters. The van der Waals surface area contributed by atoms with Crippen LogP contribution in [0.1, 0.15) is 31.4 Å². The number of nitrogens with two attached hydrogens (primary N) is 1. The summed E-state index contributed by atoms with van der Waals surface area (Å²) < 4.78 is 7.49. The topological polar surface area (TPSA) is 115 Å². The molecule has 2 amide bonds. The number of likely N-dealkylation sites (tertiary alicyclic amines) is 1. The van der Waals surface area contributed by atoms with Gasteiger partial charge in [-0.3, -0.25) is 9.59 Å². The second-order valence-electron chi connectivity index (χ2n) is 11.1. The molecule has 1 aromatic carbocycles. The number of piperidine rings is 1. The third kappa shape index (κ3) is 6.66. The van der Waals surface area contributed by atoms with E-state index >= 15 is 0 Å². The van der Waals surface area contributed by atoms with Crippen LogP contribution in [0.3, 0.4) is 0 Å². The standard InChI is InChI=1S/C26H34Cl2N6O3Si/c1-16-5-6-22(17-9-18(27)11-19(28)10-17)33(14-16)26(36)25(35)32-21-13-30-24(29)20-12-31-34(23(20)21)15-37-7-8-38(2,3)4/h9-13,16,22H,5-8,14-15H2,1-4H3,(H2,29,30)(H,32,35)/t16-,22+/m1/s1. The average Bonchev–Trinajstić information content (AvgIpc) is 3.27. The highest BCUT2D eigenvalue weighted by Crippen LogP contribution is 2.36. The summed E-state index contributed by atoms with van der Waals surface area (Å²) in [6.07, 6.45) is 4.64. The van der Waals surface area contributed by atoms with Crippen molar-refractivity contribution in [1.29, 1.82) is 0 Å². The Morgan fingerprint density at radius 2 is 1.87 bits per heavy atom. The summed E-state index contributed by atoms with van der Waals surface area (Å²) >= 11 is 12.5. The number of rotatable bonds is 7. The highest BCUT2D eigenvalue weighted by Gasteiger charge is 2.35. The highest BCUT2D eigenvalue weighted by atomic mass is 35.5. The van der Waals surface area contributed by atoms with Gasteiger partial charge in [-0.2, -0.15) is 5.10 Å². The lowest BCUT2D eigenvalue weighted by molar-refractivity contribution is -0.146. The van der Waals surface area contributed by atoms with E-state index in [0.29, 0.717) is 46.2 Å². The van der Waals surface area contributed by atoms with Crippen LogP contribution in [-0.4, -0.2) is 52.7 Å². The van der Waals surface area contributed by atoms with Gasteiger partial charge in [0.05, 0.1) is 35.0 Å². The largest absolute Gasteiger partial charge is 0.383 e. The molecule has 3 aromatic rings. The molecule has 204 valence electrons. The molecular weight excluding hydrogens is 543 g/mol. The van der Waals surface area contributed by atoms with Crippen LogP contribution in [0.5, 0.6) is 0 Å². The number of anilines is 2. The van der Waals surface area contributed by atoms with Crippen LogP contribution in [-0.2, 0) is 21.1 Å². The normalized spacial score (nSPS) is 18.1. The first-order valence-corrected chi connectivity index (χ1v) is 17.1. The van der Waals surface area contributed by atoms with Crippen molar-refractivity contribution in [3.8, 4) is 0 Å². The zero-order chi connectivity index (χ0) is 27.6. The summed E-state index contributed by atoms with van der Waals surface area (Å²) in [6.45, 7) is 10.2. The Bertz CT molecular complexity index is 1320. The summed E-state index contributed by atoms with van der Waals surface area (Å²) in [5, 5.41) is 8.67. The Balaban J connectivity index is 1.56. The fourth-order valence-electron chi connectivity index (χ4n) is 4.64. The maximum Gasteiger partial charge on any atom is 0.314 e. The molecule has 2 aromatic heterocycles. The number of fused-ring (bicyclic) bond motifs is 1.